The number of Topliss-reactive ketones (excluding diaryl/α,β-unsaturated/α-hetero) is 1. The predicted octanol–water partition coefficient (Wildman–Crippen LogP) is 3.10. The number of amides is 1. The van der Waals surface area contributed by atoms with Crippen molar-refractivity contribution in [3.05, 3.63) is 30.1 Å². The van der Waals surface area contributed by atoms with Gasteiger partial charge in [-0.25, -0.2) is 4.99 Å². The highest BCUT2D eigenvalue weighted by Gasteiger charge is 2.49. The first kappa shape index (κ1) is 27.1. The van der Waals surface area contributed by atoms with Gasteiger partial charge in [0.15, 0.2) is 5.78 Å². The molecule has 2 fully saturated rings. The van der Waals surface area contributed by atoms with Crippen LogP contribution in [0.3, 0.4) is 0 Å². The maximum atomic E-state index is 14.0. The second-order valence-electron chi connectivity index (χ2n) is 9.73. The molecule has 194 valence electrons. The third kappa shape index (κ3) is 6.38. The van der Waals surface area contributed by atoms with Gasteiger partial charge in [-0.15, -0.1) is 0 Å². The topological polar surface area (TPSA) is 87.1 Å². The van der Waals surface area contributed by atoms with E-state index in [2.05, 4.69) is 36.1 Å². The lowest BCUT2D eigenvalue weighted by Crippen LogP contribution is -2.62. The van der Waals surface area contributed by atoms with Crippen LogP contribution in [0.1, 0.15) is 50.9 Å². The van der Waals surface area contributed by atoms with E-state index in [1.807, 2.05) is 0 Å². The van der Waals surface area contributed by atoms with Gasteiger partial charge in [0, 0.05) is 37.5 Å². The Morgan fingerprint density at radius 2 is 2.09 bits per heavy atom. The Morgan fingerprint density at radius 3 is 2.66 bits per heavy atom. The van der Waals surface area contributed by atoms with Gasteiger partial charge < -0.3 is 9.64 Å². The van der Waals surface area contributed by atoms with E-state index in [0.717, 1.165) is 4.90 Å². The lowest BCUT2D eigenvalue weighted by atomic mass is 9.80. The Bertz CT molecular complexity index is 923. The van der Waals surface area contributed by atoms with E-state index in [4.69, 9.17) is 4.74 Å². The van der Waals surface area contributed by atoms with Gasteiger partial charge in [-0.2, -0.15) is 13.2 Å². The maximum Gasteiger partial charge on any atom is 0.408 e. The minimum Gasteiger partial charge on any atom is -0.376 e. The van der Waals surface area contributed by atoms with Gasteiger partial charge in [-0.1, -0.05) is 27.7 Å². The van der Waals surface area contributed by atoms with Crippen molar-refractivity contribution in [3.8, 4) is 0 Å². The van der Waals surface area contributed by atoms with E-state index in [1.165, 1.54) is 23.4 Å². The van der Waals surface area contributed by atoms with E-state index >= 15 is 0 Å². The van der Waals surface area contributed by atoms with Crippen molar-refractivity contribution in [2.75, 3.05) is 32.9 Å². The van der Waals surface area contributed by atoms with Crippen LogP contribution in [-0.4, -0.2) is 83.7 Å². The van der Waals surface area contributed by atoms with E-state index in [0.29, 0.717) is 19.1 Å². The minimum absolute atomic E-state index is 0.0159. The van der Waals surface area contributed by atoms with Crippen LogP contribution >= 0.6 is 0 Å². The summed E-state index contributed by atoms with van der Waals surface area (Å²) < 4.78 is 47.8. The summed E-state index contributed by atoms with van der Waals surface area (Å²) in [6.07, 6.45) is -2.08. The average Bonchev–Trinajstić information content (AvgIpc) is 3.08. The minimum atomic E-state index is -4.59. The van der Waals surface area contributed by atoms with Gasteiger partial charge in [0.25, 0.3) is 0 Å². The monoisotopic (exact) mass is 497 g/mol. The number of ketones is 1. The number of aromatic nitrogens is 1. The second-order valence-corrected chi connectivity index (χ2v) is 9.73. The molecule has 0 aromatic carbocycles. The number of aliphatic imine (C=N–C) groups is 1. The molecule has 0 spiro atoms. The molecule has 2 aliphatic heterocycles. The SMILES string of the molecule is CCC(=O)N1CCC(C(F)(F)F)N(CC(=O)c2cccnc2)/C1=N/CNCC1OCC(C)(C)C1C. The van der Waals surface area contributed by atoms with Crippen molar-refractivity contribution in [1.29, 1.82) is 0 Å². The Hall–Kier alpha value is -2.53. The van der Waals surface area contributed by atoms with Crippen LogP contribution in [-0.2, 0) is 9.53 Å². The zero-order valence-corrected chi connectivity index (χ0v) is 20.6. The van der Waals surface area contributed by atoms with E-state index < -0.39 is 24.5 Å². The number of ether oxygens (including phenoxy) is 1. The third-order valence-electron chi connectivity index (χ3n) is 6.92. The molecule has 0 bridgehead atoms. The molecule has 1 amide bonds. The lowest BCUT2D eigenvalue weighted by Gasteiger charge is -2.43. The van der Waals surface area contributed by atoms with Gasteiger partial charge in [-0.05, 0) is 29.9 Å². The summed E-state index contributed by atoms with van der Waals surface area (Å²) >= 11 is 0. The first-order valence-electron chi connectivity index (χ1n) is 11.9. The highest BCUT2D eigenvalue weighted by molar-refractivity contribution is 6.02. The smallest absolute Gasteiger partial charge is 0.376 e. The highest BCUT2D eigenvalue weighted by Crippen LogP contribution is 2.37. The van der Waals surface area contributed by atoms with Crippen molar-refractivity contribution in [1.82, 2.24) is 20.1 Å². The van der Waals surface area contributed by atoms with Gasteiger partial charge in [0.05, 0.1) is 25.9 Å². The van der Waals surface area contributed by atoms with Gasteiger partial charge in [0.2, 0.25) is 11.9 Å². The van der Waals surface area contributed by atoms with Gasteiger partial charge in [-0.3, -0.25) is 24.8 Å². The van der Waals surface area contributed by atoms with Crippen molar-refractivity contribution in [3.63, 3.8) is 0 Å². The molecule has 11 heteroatoms. The van der Waals surface area contributed by atoms with Crippen LogP contribution in [0.15, 0.2) is 29.5 Å². The molecule has 1 N–H and O–H groups in total. The van der Waals surface area contributed by atoms with E-state index in [1.54, 1.807) is 13.0 Å². The number of nitrogens with zero attached hydrogens (tertiary/aromatic N) is 4. The first-order chi connectivity index (χ1) is 16.5. The summed E-state index contributed by atoms with van der Waals surface area (Å²) in [4.78, 5) is 35.8. The molecule has 2 aliphatic rings. The first-order valence-corrected chi connectivity index (χ1v) is 11.9. The van der Waals surface area contributed by atoms with Crippen molar-refractivity contribution in [2.45, 2.75) is 58.9 Å². The number of pyridine rings is 1. The number of hydrogen-bond donors (Lipinski definition) is 1. The van der Waals surface area contributed by atoms with Crippen LogP contribution in [0.5, 0.6) is 0 Å². The number of halogens is 3. The maximum absolute atomic E-state index is 14.0. The zero-order valence-electron chi connectivity index (χ0n) is 20.6. The number of hydrogen-bond acceptors (Lipinski definition) is 6. The molecule has 0 aliphatic carbocycles. The summed E-state index contributed by atoms with van der Waals surface area (Å²) in [5.74, 6) is -0.735. The van der Waals surface area contributed by atoms with Crippen molar-refractivity contribution >= 4 is 17.6 Å². The number of rotatable bonds is 8. The Morgan fingerprint density at radius 1 is 1.34 bits per heavy atom. The van der Waals surface area contributed by atoms with Crippen LogP contribution in [0, 0.1) is 11.3 Å². The average molecular weight is 498 g/mol. The van der Waals surface area contributed by atoms with Crippen molar-refractivity contribution < 1.29 is 27.5 Å². The Labute approximate surface area is 203 Å². The van der Waals surface area contributed by atoms with E-state index in [9.17, 15) is 22.8 Å². The van der Waals surface area contributed by atoms with E-state index in [-0.39, 0.29) is 55.0 Å². The highest BCUT2D eigenvalue weighted by atomic mass is 19.4. The quantitative estimate of drug-likeness (QED) is 0.439. The number of alkyl halides is 3. The molecule has 3 unspecified atom stereocenters. The number of carbonyl (C=O) groups is 2. The van der Waals surface area contributed by atoms with Crippen LogP contribution in [0.2, 0.25) is 0 Å². The zero-order chi connectivity index (χ0) is 25.8. The molecule has 3 heterocycles. The number of guanidine groups is 1. The Balaban J connectivity index is 1.83. The van der Waals surface area contributed by atoms with Crippen LogP contribution < -0.4 is 5.32 Å². The molecular weight excluding hydrogens is 463 g/mol. The fourth-order valence-electron chi connectivity index (χ4n) is 4.37. The number of nitrogens with one attached hydrogen (secondary N) is 1. The fourth-order valence-corrected chi connectivity index (χ4v) is 4.37. The van der Waals surface area contributed by atoms with Crippen LogP contribution in [0.25, 0.3) is 0 Å². The molecule has 3 rings (SSSR count). The summed E-state index contributed by atoms with van der Waals surface area (Å²) in [5, 5.41) is 3.13. The predicted molar refractivity (Wildman–Crippen MR) is 125 cm³/mol. The molecule has 1 aromatic heterocycles. The lowest BCUT2D eigenvalue weighted by molar-refractivity contribution is -0.181. The summed E-state index contributed by atoms with van der Waals surface area (Å²) in [6, 6.07) is 1.12. The van der Waals surface area contributed by atoms with Gasteiger partial charge >= 0.3 is 6.18 Å². The normalized spacial score (nSPS) is 25.8. The molecule has 0 radical (unpaired) electrons. The molecule has 8 nitrogen and oxygen atoms in total. The summed E-state index contributed by atoms with van der Waals surface area (Å²) in [6.45, 7) is 8.39. The molecule has 35 heavy (non-hydrogen) atoms. The molecule has 1 aromatic rings. The molecule has 3 atom stereocenters. The fraction of sp³-hybridized carbons (Fsp3) is 0.667. The molecular formula is C24H34F3N5O3. The largest absolute Gasteiger partial charge is 0.408 e. The Kier molecular flexibility index (Phi) is 8.53. The summed E-state index contributed by atoms with van der Waals surface area (Å²) in [7, 11) is 0. The standard InChI is InChI=1S/C24H34F3N5O3/c1-5-21(34)31-10-8-20(24(25,26)27)32(13-18(33)17-7-6-9-28-11-17)22(31)30-15-29-12-19-16(2)23(3,4)14-35-19/h6-7,9,11,16,19-20,29H,5,8,10,12-15H2,1-4H3/b30-22+. The van der Waals surface area contributed by atoms with Gasteiger partial charge in [0.1, 0.15) is 6.04 Å². The van der Waals surface area contributed by atoms with Crippen molar-refractivity contribution in [2.24, 2.45) is 16.3 Å². The number of carbonyl (C=O) groups excluding carboxylic acids is 2. The third-order valence-corrected chi connectivity index (χ3v) is 6.92. The molecule has 0 saturated carbocycles. The van der Waals surface area contributed by atoms with Crippen LogP contribution in [0.4, 0.5) is 13.2 Å². The summed E-state index contributed by atoms with van der Waals surface area (Å²) in [5.41, 5.74) is 0.231. The molecule has 2 saturated heterocycles. The second kappa shape index (κ2) is 11.0.